The minimum atomic E-state index is 0. The van der Waals surface area contributed by atoms with Crippen LogP contribution in [0.5, 0.6) is 0 Å². The monoisotopic (exact) mass is 432 g/mol. The number of halogens is 1. The first-order valence-corrected chi connectivity index (χ1v) is 10.9. The van der Waals surface area contributed by atoms with Crippen LogP contribution >= 0.6 is 12.4 Å². The van der Waals surface area contributed by atoms with Crippen molar-refractivity contribution in [1.29, 1.82) is 0 Å². The normalized spacial score (nSPS) is 16.4. The first-order valence-electron chi connectivity index (χ1n) is 10.9. The second kappa shape index (κ2) is 9.94. The standard InChI is InChI=1S/C23H32N4O2.ClH/c1-16-7-8-20(17(2)15-16)27-21-6-3-5-19(21)22(25-27)23(28)26-12-9-18(10-13-26)29-14-4-11-24;/h7-8,15,18H,3-6,9-14,24H2,1-2H3;1H. The topological polar surface area (TPSA) is 73.4 Å². The van der Waals surface area contributed by atoms with Crippen LogP contribution in [0.15, 0.2) is 18.2 Å². The number of amides is 1. The minimum absolute atomic E-state index is 0. The Hall–Kier alpha value is -1.89. The Bertz CT molecular complexity index is 888. The highest BCUT2D eigenvalue weighted by molar-refractivity contribution is 5.94. The number of likely N-dealkylation sites (tertiary alicyclic amines) is 1. The molecule has 0 spiro atoms. The van der Waals surface area contributed by atoms with E-state index < -0.39 is 0 Å². The van der Waals surface area contributed by atoms with Gasteiger partial charge in [0.1, 0.15) is 0 Å². The highest BCUT2D eigenvalue weighted by Crippen LogP contribution is 2.30. The van der Waals surface area contributed by atoms with Gasteiger partial charge in [0.15, 0.2) is 5.69 Å². The van der Waals surface area contributed by atoms with Crippen molar-refractivity contribution >= 4 is 18.3 Å². The summed E-state index contributed by atoms with van der Waals surface area (Å²) in [5.74, 6) is 0.0760. The average molecular weight is 433 g/mol. The summed E-state index contributed by atoms with van der Waals surface area (Å²) in [6.07, 6.45) is 5.92. The Balaban J connectivity index is 0.00000256. The fourth-order valence-electron chi connectivity index (χ4n) is 4.56. The van der Waals surface area contributed by atoms with Crippen LogP contribution in [0, 0.1) is 13.8 Å². The number of carbonyl (C=O) groups is 1. The second-order valence-electron chi connectivity index (χ2n) is 8.33. The fourth-order valence-corrected chi connectivity index (χ4v) is 4.56. The van der Waals surface area contributed by atoms with E-state index in [9.17, 15) is 4.79 Å². The lowest BCUT2D eigenvalue weighted by atomic mass is 10.1. The molecular weight excluding hydrogens is 400 g/mol. The van der Waals surface area contributed by atoms with E-state index in [4.69, 9.17) is 15.6 Å². The number of aryl methyl sites for hydroxylation is 2. The van der Waals surface area contributed by atoms with Gasteiger partial charge in [-0.2, -0.15) is 5.10 Å². The molecule has 1 fully saturated rings. The van der Waals surface area contributed by atoms with E-state index in [1.807, 2.05) is 9.58 Å². The Morgan fingerprint density at radius 1 is 1.23 bits per heavy atom. The van der Waals surface area contributed by atoms with Crippen LogP contribution < -0.4 is 5.73 Å². The van der Waals surface area contributed by atoms with Crippen molar-refractivity contribution < 1.29 is 9.53 Å². The van der Waals surface area contributed by atoms with Crippen LogP contribution in [0.4, 0.5) is 0 Å². The number of rotatable bonds is 6. The van der Waals surface area contributed by atoms with Gasteiger partial charge in [-0.15, -0.1) is 12.4 Å². The summed E-state index contributed by atoms with van der Waals surface area (Å²) in [4.78, 5) is 15.3. The molecule has 1 saturated heterocycles. The molecule has 7 heteroatoms. The van der Waals surface area contributed by atoms with E-state index in [-0.39, 0.29) is 24.4 Å². The molecule has 0 atom stereocenters. The summed E-state index contributed by atoms with van der Waals surface area (Å²) in [6, 6.07) is 6.41. The van der Waals surface area contributed by atoms with E-state index in [0.29, 0.717) is 18.8 Å². The van der Waals surface area contributed by atoms with Gasteiger partial charge >= 0.3 is 0 Å². The lowest BCUT2D eigenvalue weighted by Crippen LogP contribution is -2.41. The van der Waals surface area contributed by atoms with Crippen LogP contribution in [0.1, 0.15) is 58.6 Å². The molecule has 0 radical (unpaired) electrons. The number of aromatic nitrogens is 2. The summed E-state index contributed by atoms with van der Waals surface area (Å²) >= 11 is 0. The lowest BCUT2D eigenvalue weighted by molar-refractivity contribution is 0.00825. The van der Waals surface area contributed by atoms with Gasteiger partial charge in [0, 0.05) is 31.0 Å². The number of hydrogen-bond acceptors (Lipinski definition) is 4. The molecule has 1 aromatic carbocycles. The van der Waals surface area contributed by atoms with Gasteiger partial charge in [-0.3, -0.25) is 4.79 Å². The minimum Gasteiger partial charge on any atom is -0.378 e. The van der Waals surface area contributed by atoms with Crippen molar-refractivity contribution in [3.63, 3.8) is 0 Å². The van der Waals surface area contributed by atoms with Crippen LogP contribution in [0.25, 0.3) is 5.69 Å². The fraction of sp³-hybridized carbons (Fsp3) is 0.565. The largest absolute Gasteiger partial charge is 0.378 e. The van der Waals surface area contributed by atoms with Crippen molar-refractivity contribution in [3.8, 4) is 5.69 Å². The summed E-state index contributed by atoms with van der Waals surface area (Å²) in [5, 5.41) is 4.83. The maximum absolute atomic E-state index is 13.3. The zero-order valence-electron chi connectivity index (χ0n) is 18.0. The Morgan fingerprint density at radius 3 is 2.70 bits per heavy atom. The van der Waals surface area contributed by atoms with Crippen LogP contribution in [-0.2, 0) is 17.6 Å². The van der Waals surface area contributed by atoms with Crippen LogP contribution in [0.2, 0.25) is 0 Å². The summed E-state index contributed by atoms with van der Waals surface area (Å²) in [5.41, 5.74) is 12.1. The smallest absolute Gasteiger partial charge is 0.274 e. The van der Waals surface area contributed by atoms with Crippen LogP contribution in [-0.4, -0.2) is 52.9 Å². The molecule has 4 rings (SSSR count). The highest BCUT2D eigenvalue weighted by Gasteiger charge is 2.31. The zero-order valence-corrected chi connectivity index (χ0v) is 18.8. The Labute approximate surface area is 185 Å². The Kier molecular flexibility index (Phi) is 7.55. The molecule has 1 aliphatic heterocycles. The van der Waals surface area contributed by atoms with Crippen molar-refractivity contribution in [1.82, 2.24) is 14.7 Å². The Morgan fingerprint density at radius 2 is 2.00 bits per heavy atom. The molecular formula is C23H33ClN4O2. The number of nitrogens with two attached hydrogens (primary N) is 1. The first kappa shape index (κ1) is 22.8. The molecule has 1 aromatic heterocycles. The van der Waals surface area contributed by atoms with E-state index in [1.165, 1.54) is 16.8 Å². The number of benzene rings is 1. The number of ether oxygens (including phenoxy) is 1. The van der Waals surface area contributed by atoms with Crippen molar-refractivity contribution in [2.24, 2.45) is 5.73 Å². The lowest BCUT2D eigenvalue weighted by Gasteiger charge is -2.31. The molecule has 0 bridgehead atoms. The van der Waals surface area contributed by atoms with Gasteiger partial charge in [-0.1, -0.05) is 17.7 Å². The summed E-state index contributed by atoms with van der Waals surface area (Å²) in [7, 11) is 0. The maximum atomic E-state index is 13.3. The molecule has 2 aromatic rings. The van der Waals surface area contributed by atoms with Gasteiger partial charge in [0.25, 0.3) is 5.91 Å². The molecule has 1 aliphatic carbocycles. The summed E-state index contributed by atoms with van der Waals surface area (Å²) < 4.78 is 7.90. The number of hydrogen-bond donors (Lipinski definition) is 1. The number of nitrogens with zero attached hydrogens (tertiary/aromatic N) is 3. The van der Waals surface area contributed by atoms with Gasteiger partial charge in [0.05, 0.1) is 11.8 Å². The van der Waals surface area contributed by atoms with Gasteiger partial charge < -0.3 is 15.4 Å². The molecule has 2 N–H and O–H groups in total. The third kappa shape index (κ3) is 4.56. The van der Waals surface area contributed by atoms with E-state index >= 15 is 0 Å². The number of carbonyl (C=O) groups excluding carboxylic acids is 1. The van der Waals surface area contributed by atoms with Crippen molar-refractivity contribution in [2.75, 3.05) is 26.2 Å². The highest BCUT2D eigenvalue weighted by atomic mass is 35.5. The van der Waals surface area contributed by atoms with E-state index in [2.05, 4.69) is 32.0 Å². The molecule has 6 nitrogen and oxygen atoms in total. The zero-order chi connectivity index (χ0) is 20.4. The van der Waals surface area contributed by atoms with Gasteiger partial charge in [-0.05, 0) is 70.5 Å². The summed E-state index contributed by atoms with van der Waals surface area (Å²) in [6.45, 7) is 7.05. The molecule has 0 unspecified atom stereocenters. The third-order valence-corrected chi connectivity index (χ3v) is 6.14. The second-order valence-corrected chi connectivity index (χ2v) is 8.33. The molecule has 164 valence electrons. The number of piperidine rings is 1. The van der Waals surface area contributed by atoms with Crippen LogP contribution in [0.3, 0.4) is 0 Å². The van der Waals surface area contributed by atoms with Gasteiger partial charge in [-0.25, -0.2) is 4.68 Å². The quantitative estimate of drug-likeness (QED) is 0.710. The van der Waals surface area contributed by atoms with E-state index in [1.54, 1.807) is 0 Å². The predicted molar refractivity (Wildman–Crippen MR) is 121 cm³/mol. The molecule has 1 amide bonds. The molecule has 0 saturated carbocycles. The van der Waals surface area contributed by atoms with Crippen molar-refractivity contribution in [2.45, 2.75) is 58.5 Å². The number of fused-ring (bicyclic) bond motifs is 1. The predicted octanol–water partition coefficient (Wildman–Crippen LogP) is 3.37. The molecule has 2 heterocycles. The SMILES string of the molecule is Cc1ccc(-n2nc(C(=O)N3CCC(OCCCN)CC3)c3c2CCC3)c(C)c1.Cl. The molecule has 2 aliphatic rings. The van der Waals surface area contributed by atoms with Crippen molar-refractivity contribution in [3.05, 3.63) is 46.3 Å². The molecule has 30 heavy (non-hydrogen) atoms. The maximum Gasteiger partial charge on any atom is 0.274 e. The average Bonchev–Trinajstić information content (AvgIpc) is 3.31. The first-order chi connectivity index (χ1) is 14.1. The third-order valence-electron chi connectivity index (χ3n) is 6.14. The van der Waals surface area contributed by atoms with E-state index in [0.717, 1.165) is 62.9 Å². The van der Waals surface area contributed by atoms with Gasteiger partial charge in [0.2, 0.25) is 0 Å².